The topological polar surface area (TPSA) is 94.3 Å². The van der Waals surface area contributed by atoms with Gasteiger partial charge in [-0.2, -0.15) is 0 Å². The Morgan fingerprint density at radius 3 is 1.44 bits per heavy atom. The number of hydrogen-bond donors (Lipinski definition) is 2. The number of ether oxygens (including phenoxy) is 4. The fourth-order valence-corrected chi connectivity index (χ4v) is 5.09. The number of imidazole rings is 2. The summed E-state index contributed by atoms with van der Waals surface area (Å²) in [5.74, 6) is 4.96. The first kappa shape index (κ1) is 28.2. The molecule has 0 unspecified atom stereocenters. The second-order valence-electron chi connectivity index (χ2n) is 10.5. The molecule has 8 nitrogen and oxygen atoms in total. The lowest BCUT2D eigenvalue weighted by molar-refractivity contribution is 0.293. The lowest BCUT2D eigenvalue weighted by Gasteiger charge is -2.08. The summed E-state index contributed by atoms with van der Waals surface area (Å²) in [4.78, 5) is 16.2. The van der Waals surface area contributed by atoms with Crippen molar-refractivity contribution in [2.75, 3.05) is 27.4 Å². The van der Waals surface area contributed by atoms with Crippen molar-refractivity contribution in [3.05, 3.63) is 84.9 Å². The maximum atomic E-state index is 6.04. The highest BCUT2D eigenvalue weighted by molar-refractivity contribution is 5.81. The summed E-state index contributed by atoms with van der Waals surface area (Å²) in [6, 6.07) is 27.8. The smallest absolute Gasteiger partial charge is 0.138 e. The lowest BCUT2D eigenvalue weighted by Crippen LogP contribution is -1.99. The summed E-state index contributed by atoms with van der Waals surface area (Å²) in [5.41, 5.74) is 5.71. The maximum Gasteiger partial charge on any atom is 0.138 e. The van der Waals surface area contributed by atoms with Crippen LogP contribution < -0.4 is 18.9 Å². The molecule has 220 valence electrons. The Morgan fingerprint density at radius 1 is 0.512 bits per heavy atom. The zero-order valence-corrected chi connectivity index (χ0v) is 24.6. The minimum atomic E-state index is 0.693. The zero-order valence-electron chi connectivity index (χ0n) is 24.6. The molecule has 0 aliphatic heterocycles. The van der Waals surface area contributed by atoms with Gasteiger partial charge in [0, 0.05) is 23.3 Å². The zero-order chi connectivity index (χ0) is 29.4. The third-order valence-electron chi connectivity index (χ3n) is 7.42. The van der Waals surface area contributed by atoms with Gasteiger partial charge in [0.05, 0.1) is 49.5 Å². The van der Waals surface area contributed by atoms with Crippen LogP contribution in [-0.4, -0.2) is 47.4 Å². The van der Waals surface area contributed by atoms with Gasteiger partial charge in [0.2, 0.25) is 0 Å². The first-order chi connectivity index (χ1) is 21.2. The van der Waals surface area contributed by atoms with Crippen LogP contribution in [-0.2, 0) is 0 Å². The summed E-state index contributed by atoms with van der Waals surface area (Å²) in [6.45, 7) is 1.39. The number of methoxy groups -OCH3 is 2. The molecular formula is C35H36N4O4. The molecule has 6 aromatic rings. The molecule has 0 fully saturated rings. The van der Waals surface area contributed by atoms with Crippen molar-refractivity contribution in [1.29, 1.82) is 0 Å². The number of benzene rings is 4. The van der Waals surface area contributed by atoms with Gasteiger partial charge in [-0.05, 0) is 61.4 Å². The van der Waals surface area contributed by atoms with Crippen LogP contribution in [0.2, 0.25) is 0 Å². The van der Waals surface area contributed by atoms with Gasteiger partial charge in [-0.1, -0.05) is 43.5 Å². The highest BCUT2D eigenvalue weighted by Gasteiger charge is 2.09. The number of fused-ring (bicyclic) bond motifs is 2. The molecule has 4 aromatic carbocycles. The molecule has 6 rings (SSSR count). The third kappa shape index (κ3) is 6.92. The van der Waals surface area contributed by atoms with Crippen LogP contribution in [0.1, 0.15) is 32.1 Å². The largest absolute Gasteiger partial charge is 0.497 e. The maximum absolute atomic E-state index is 6.04. The Hall–Kier alpha value is -4.98. The van der Waals surface area contributed by atoms with E-state index in [1.165, 1.54) is 0 Å². The molecule has 2 heterocycles. The van der Waals surface area contributed by atoms with Gasteiger partial charge in [0.25, 0.3) is 0 Å². The standard InChI is InChI=1S/C35H36N4O4/c1-40-26-14-16-30-32(22-26)38-34(36-30)24-10-8-12-28(20-24)42-18-6-4-3-5-7-19-43-29-13-9-11-25(21-29)35-37-31-17-15-27(41-2)23-33(31)39-35/h8-17,20-23H,3-7,18-19H2,1-2H3,(H,36,38)(H,37,39). The molecule has 0 aliphatic carbocycles. The van der Waals surface area contributed by atoms with Crippen molar-refractivity contribution in [3.63, 3.8) is 0 Å². The second-order valence-corrected chi connectivity index (χ2v) is 10.5. The molecule has 2 N–H and O–H groups in total. The highest BCUT2D eigenvalue weighted by atomic mass is 16.5. The van der Waals surface area contributed by atoms with Crippen LogP contribution in [0, 0.1) is 0 Å². The molecular weight excluding hydrogens is 540 g/mol. The van der Waals surface area contributed by atoms with E-state index in [0.717, 1.165) is 99.9 Å². The Morgan fingerprint density at radius 2 is 0.977 bits per heavy atom. The number of rotatable bonds is 14. The number of nitrogens with zero attached hydrogens (tertiary/aromatic N) is 2. The molecule has 0 saturated heterocycles. The predicted molar refractivity (Wildman–Crippen MR) is 170 cm³/mol. The molecule has 0 saturated carbocycles. The van der Waals surface area contributed by atoms with E-state index in [4.69, 9.17) is 28.9 Å². The number of aromatic amines is 2. The molecule has 8 heteroatoms. The van der Waals surface area contributed by atoms with Crippen LogP contribution in [0.15, 0.2) is 84.9 Å². The van der Waals surface area contributed by atoms with E-state index in [9.17, 15) is 0 Å². The summed E-state index contributed by atoms with van der Waals surface area (Å²) >= 11 is 0. The van der Waals surface area contributed by atoms with Gasteiger partial charge in [0.15, 0.2) is 0 Å². The van der Waals surface area contributed by atoms with Crippen molar-refractivity contribution in [1.82, 2.24) is 19.9 Å². The highest BCUT2D eigenvalue weighted by Crippen LogP contribution is 2.28. The summed E-state index contributed by atoms with van der Waals surface area (Å²) in [5, 5.41) is 0. The molecule has 0 amide bonds. The fourth-order valence-electron chi connectivity index (χ4n) is 5.09. The average Bonchev–Trinajstić information content (AvgIpc) is 3.68. The Kier molecular flexibility index (Phi) is 8.73. The molecule has 0 aliphatic rings. The monoisotopic (exact) mass is 576 g/mol. The number of hydrogen-bond acceptors (Lipinski definition) is 6. The normalized spacial score (nSPS) is 11.2. The van der Waals surface area contributed by atoms with Gasteiger partial charge in [-0.3, -0.25) is 0 Å². The number of aromatic nitrogens is 4. The molecule has 43 heavy (non-hydrogen) atoms. The van der Waals surface area contributed by atoms with Crippen LogP contribution >= 0.6 is 0 Å². The lowest BCUT2D eigenvalue weighted by atomic mass is 10.1. The van der Waals surface area contributed by atoms with Crippen molar-refractivity contribution < 1.29 is 18.9 Å². The van der Waals surface area contributed by atoms with E-state index in [-0.39, 0.29) is 0 Å². The molecule has 0 spiro atoms. The van der Waals surface area contributed by atoms with Crippen LogP contribution in [0.4, 0.5) is 0 Å². The summed E-state index contributed by atoms with van der Waals surface area (Å²) in [6.07, 6.45) is 5.43. The summed E-state index contributed by atoms with van der Waals surface area (Å²) < 4.78 is 22.7. The van der Waals surface area contributed by atoms with E-state index < -0.39 is 0 Å². The number of unbranched alkanes of at least 4 members (excludes halogenated alkanes) is 4. The van der Waals surface area contributed by atoms with Crippen molar-refractivity contribution in [2.45, 2.75) is 32.1 Å². The van der Waals surface area contributed by atoms with E-state index in [1.54, 1.807) is 14.2 Å². The van der Waals surface area contributed by atoms with E-state index in [2.05, 4.69) is 9.97 Å². The number of H-pyrrole nitrogens is 2. The number of nitrogens with one attached hydrogen (secondary N) is 2. The SMILES string of the molecule is COc1ccc2nc(-c3cccc(OCCCCCCCOc4cccc(-c5nc6ccc(OC)cc6[nH]5)c4)c3)[nH]c2c1. The third-order valence-corrected chi connectivity index (χ3v) is 7.42. The van der Waals surface area contributed by atoms with Gasteiger partial charge in [-0.15, -0.1) is 0 Å². The van der Waals surface area contributed by atoms with Crippen molar-refractivity contribution in [2.24, 2.45) is 0 Å². The summed E-state index contributed by atoms with van der Waals surface area (Å²) in [7, 11) is 3.33. The molecule has 0 atom stereocenters. The van der Waals surface area contributed by atoms with Crippen LogP contribution in [0.3, 0.4) is 0 Å². The molecule has 2 aromatic heterocycles. The predicted octanol–water partition coefficient (Wildman–Crippen LogP) is 8.20. The first-order valence-electron chi connectivity index (χ1n) is 14.7. The van der Waals surface area contributed by atoms with Crippen molar-refractivity contribution in [3.8, 4) is 45.8 Å². The van der Waals surface area contributed by atoms with Crippen LogP contribution in [0.5, 0.6) is 23.0 Å². The minimum Gasteiger partial charge on any atom is -0.497 e. The molecule has 0 bridgehead atoms. The van der Waals surface area contributed by atoms with Crippen molar-refractivity contribution >= 4 is 22.1 Å². The van der Waals surface area contributed by atoms with Gasteiger partial charge in [0.1, 0.15) is 34.6 Å². The van der Waals surface area contributed by atoms with E-state index >= 15 is 0 Å². The van der Waals surface area contributed by atoms with E-state index in [0.29, 0.717) is 13.2 Å². The Bertz CT molecular complexity index is 1680. The quantitative estimate of drug-likeness (QED) is 0.127. The molecule has 0 radical (unpaired) electrons. The van der Waals surface area contributed by atoms with Gasteiger partial charge < -0.3 is 28.9 Å². The minimum absolute atomic E-state index is 0.693. The fraction of sp³-hybridized carbons (Fsp3) is 0.257. The first-order valence-corrected chi connectivity index (χ1v) is 14.7. The van der Waals surface area contributed by atoms with Gasteiger partial charge in [-0.25, -0.2) is 9.97 Å². The van der Waals surface area contributed by atoms with E-state index in [1.807, 2.05) is 84.9 Å². The average molecular weight is 577 g/mol. The second kappa shape index (κ2) is 13.3. The Labute approximate surface area is 251 Å². The Balaban J connectivity index is 0.900. The van der Waals surface area contributed by atoms with Crippen LogP contribution in [0.25, 0.3) is 44.8 Å². The van der Waals surface area contributed by atoms with Gasteiger partial charge >= 0.3 is 0 Å².